The number of hydrogen-bond acceptors (Lipinski definition) is 3. The van der Waals surface area contributed by atoms with E-state index < -0.39 is 11.8 Å². The van der Waals surface area contributed by atoms with Crippen LogP contribution in [-0.4, -0.2) is 18.4 Å². The van der Waals surface area contributed by atoms with Crippen molar-refractivity contribution in [1.29, 1.82) is 0 Å². The number of carbonyl (C=O) groups excluding carboxylic acids is 2. The van der Waals surface area contributed by atoms with Crippen molar-refractivity contribution in [2.75, 3.05) is 17.6 Å². The van der Waals surface area contributed by atoms with Gasteiger partial charge < -0.3 is 16.4 Å². The Labute approximate surface area is 129 Å². The molecule has 0 radical (unpaired) electrons. The molecule has 0 fully saturated rings. The fourth-order valence-electron chi connectivity index (χ4n) is 2.00. The number of anilines is 2. The highest BCUT2D eigenvalue weighted by atomic mass is 16.2. The fraction of sp³-hybridized carbons (Fsp3) is 0.176. The summed E-state index contributed by atoms with van der Waals surface area (Å²) in [6.07, 6.45) is 0.673. The number of nitrogens with two attached hydrogens (primary N) is 1. The van der Waals surface area contributed by atoms with Crippen LogP contribution in [0, 0.1) is 6.92 Å². The maximum absolute atomic E-state index is 11.8. The van der Waals surface area contributed by atoms with Crippen LogP contribution in [0.3, 0.4) is 0 Å². The fourth-order valence-corrected chi connectivity index (χ4v) is 2.00. The predicted octanol–water partition coefficient (Wildman–Crippen LogP) is 1.87. The molecule has 4 N–H and O–H groups in total. The molecule has 2 rings (SSSR count). The SMILES string of the molecule is Cc1ccc(N)c(NC(=O)C(=O)NCCc2ccccc2)c1. The molecule has 0 saturated heterocycles. The third-order valence-electron chi connectivity index (χ3n) is 3.21. The van der Waals surface area contributed by atoms with E-state index in [4.69, 9.17) is 5.73 Å². The van der Waals surface area contributed by atoms with E-state index in [0.717, 1.165) is 11.1 Å². The Hall–Kier alpha value is -2.82. The van der Waals surface area contributed by atoms with E-state index in [0.29, 0.717) is 24.3 Å². The van der Waals surface area contributed by atoms with Crippen molar-refractivity contribution in [3.63, 3.8) is 0 Å². The second kappa shape index (κ2) is 7.26. The second-order valence-electron chi connectivity index (χ2n) is 5.04. The number of rotatable bonds is 4. The first-order chi connectivity index (χ1) is 10.6. The average molecular weight is 297 g/mol. The zero-order valence-corrected chi connectivity index (χ0v) is 12.4. The van der Waals surface area contributed by atoms with Crippen molar-refractivity contribution >= 4 is 23.2 Å². The van der Waals surface area contributed by atoms with Gasteiger partial charge in [0.05, 0.1) is 11.4 Å². The van der Waals surface area contributed by atoms with Crippen LogP contribution in [0.2, 0.25) is 0 Å². The minimum atomic E-state index is -0.717. The molecule has 0 aliphatic rings. The molecule has 0 aliphatic carbocycles. The molecule has 2 amide bonds. The third kappa shape index (κ3) is 4.34. The molecule has 2 aromatic rings. The van der Waals surface area contributed by atoms with Crippen molar-refractivity contribution < 1.29 is 9.59 Å². The normalized spacial score (nSPS) is 10.0. The number of nitrogen functional groups attached to an aromatic ring is 1. The van der Waals surface area contributed by atoms with Gasteiger partial charge in [0.1, 0.15) is 0 Å². The molecule has 0 spiro atoms. The standard InChI is InChI=1S/C17H19N3O2/c1-12-7-8-14(18)15(11-12)20-17(22)16(21)19-10-9-13-5-3-2-4-6-13/h2-8,11H,9-10,18H2,1H3,(H,19,21)(H,20,22). The van der Waals surface area contributed by atoms with Crippen LogP contribution >= 0.6 is 0 Å². The summed E-state index contributed by atoms with van der Waals surface area (Å²) in [4.78, 5) is 23.6. The van der Waals surface area contributed by atoms with Crippen molar-refractivity contribution in [3.8, 4) is 0 Å². The van der Waals surface area contributed by atoms with E-state index in [9.17, 15) is 9.59 Å². The first-order valence-electron chi connectivity index (χ1n) is 7.05. The predicted molar refractivity (Wildman–Crippen MR) is 87.4 cm³/mol. The molecule has 0 aliphatic heterocycles. The van der Waals surface area contributed by atoms with Gasteiger partial charge in [-0.25, -0.2) is 0 Å². The molecule has 0 atom stereocenters. The van der Waals surface area contributed by atoms with Gasteiger partial charge >= 0.3 is 11.8 Å². The minimum absolute atomic E-state index is 0.402. The van der Waals surface area contributed by atoms with Gasteiger partial charge in [-0.2, -0.15) is 0 Å². The topological polar surface area (TPSA) is 84.2 Å². The van der Waals surface area contributed by atoms with E-state index in [-0.39, 0.29) is 0 Å². The number of carbonyl (C=O) groups is 2. The Morgan fingerprint density at radius 1 is 1.05 bits per heavy atom. The lowest BCUT2D eigenvalue weighted by atomic mass is 10.1. The molecule has 2 aromatic carbocycles. The van der Waals surface area contributed by atoms with Crippen LogP contribution in [0.1, 0.15) is 11.1 Å². The summed E-state index contributed by atoms with van der Waals surface area (Å²) in [5.74, 6) is -1.39. The number of nitrogens with one attached hydrogen (secondary N) is 2. The van der Waals surface area contributed by atoms with Crippen molar-refractivity contribution in [2.24, 2.45) is 0 Å². The molecule has 0 unspecified atom stereocenters. The zero-order chi connectivity index (χ0) is 15.9. The van der Waals surface area contributed by atoms with Crippen LogP contribution in [0.5, 0.6) is 0 Å². The van der Waals surface area contributed by atoms with Gasteiger partial charge in [0.2, 0.25) is 0 Å². The highest BCUT2D eigenvalue weighted by Gasteiger charge is 2.14. The highest BCUT2D eigenvalue weighted by Crippen LogP contribution is 2.19. The largest absolute Gasteiger partial charge is 0.397 e. The molecule has 0 bridgehead atoms. The molecule has 0 heterocycles. The summed E-state index contributed by atoms with van der Waals surface area (Å²) < 4.78 is 0. The van der Waals surface area contributed by atoms with E-state index in [1.807, 2.05) is 43.3 Å². The van der Waals surface area contributed by atoms with Crippen molar-refractivity contribution in [2.45, 2.75) is 13.3 Å². The number of benzene rings is 2. The molecule has 22 heavy (non-hydrogen) atoms. The van der Waals surface area contributed by atoms with Gasteiger partial charge in [-0.15, -0.1) is 0 Å². The van der Waals surface area contributed by atoms with E-state index in [2.05, 4.69) is 10.6 Å². The number of aryl methyl sites for hydroxylation is 1. The van der Waals surface area contributed by atoms with Crippen molar-refractivity contribution in [3.05, 3.63) is 59.7 Å². The van der Waals surface area contributed by atoms with E-state index in [1.165, 1.54) is 0 Å². The first-order valence-corrected chi connectivity index (χ1v) is 7.05. The lowest BCUT2D eigenvalue weighted by Gasteiger charge is -2.09. The first kappa shape index (κ1) is 15.6. The summed E-state index contributed by atoms with van der Waals surface area (Å²) in [5, 5.41) is 5.12. The Bertz CT molecular complexity index is 669. The van der Waals surface area contributed by atoms with Crippen LogP contribution in [0.4, 0.5) is 11.4 Å². The van der Waals surface area contributed by atoms with Gasteiger partial charge in [-0.05, 0) is 36.6 Å². The van der Waals surface area contributed by atoms with Crippen LogP contribution in [0.25, 0.3) is 0 Å². The van der Waals surface area contributed by atoms with Crippen molar-refractivity contribution in [1.82, 2.24) is 5.32 Å². The van der Waals surface area contributed by atoms with Crippen LogP contribution in [-0.2, 0) is 16.0 Å². The van der Waals surface area contributed by atoms with E-state index in [1.54, 1.807) is 12.1 Å². The Kier molecular flexibility index (Phi) is 5.14. The monoisotopic (exact) mass is 297 g/mol. The van der Waals surface area contributed by atoms with E-state index >= 15 is 0 Å². The third-order valence-corrected chi connectivity index (χ3v) is 3.21. The molecular weight excluding hydrogens is 278 g/mol. The van der Waals surface area contributed by atoms with Crippen LogP contribution < -0.4 is 16.4 Å². The smallest absolute Gasteiger partial charge is 0.313 e. The Morgan fingerprint density at radius 2 is 1.77 bits per heavy atom. The van der Waals surface area contributed by atoms with Gasteiger partial charge in [0.25, 0.3) is 0 Å². The van der Waals surface area contributed by atoms with Gasteiger partial charge in [0.15, 0.2) is 0 Å². The molecule has 0 aromatic heterocycles. The van der Waals surface area contributed by atoms with Crippen LogP contribution in [0.15, 0.2) is 48.5 Å². The molecule has 5 nitrogen and oxygen atoms in total. The quantitative estimate of drug-likeness (QED) is 0.595. The maximum atomic E-state index is 11.8. The second-order valence-corrected chi connectivity index (χ2v) is 5.04. The van der Waals surface area contributed by atoms with Gasteiger partial charge in [-0.1, -0.05) is 36.4 Å². The van der Waals surface area contributed by atoms with Gasteiger partial charge in [-0.3, -0.25) is 9.59 Å². The Morgan fingerprint density at radius 3 is 2.50 bits per heavy atom. The highest BCUT2D eigenvalue weighted by molar-refractivity contribution is 6.39. The zero-order valence-electron chi connectivity index (χ0n) is 12.4. The summed E-state index contributed by atoms with van der Waals surface area (Å²) in [5.41, 5.74) is 8.70. The minimum Gasteiger partial charge on any atom is -0.397 e. The summed E-state index contributed by atoms with van der Waals surface area (Å²) in [6, 6.07) is 15.0. The molecule has 0 saturated carbocycles. The molecular formula is C17H19N3O2. The lowest BCUT2D eigenvalue weighted by molar-refractivity contribution is -0.136. The molecule has 5 heteroatoms. The lowest BCUT2D eigenvalue weighted by Crippen LogP contribution is -2.36. The Balaban J connectivity index is 1.84. The average Bonchev–Trinajstić information content (AvgIpc) is 2.52. The number of amides is 2. The summed E-state index contributed by atoms with van der Waals surface area (Å²) >= 11 is 0. The molecule has 114 valence electrons. The summed E-state index contributed by atoms with van der Waals surface area (Å²) in [6.45, 7) is 2.29. The maximum Gasteiger partial charge on any atom is 0.313 e. The van der Waals surface area contributed by atoms with Gasteiger partial charge in [0, 0.05) is 6.54 Å². The number of hydrogen-bond donors (Lipinski definition) is 3. The summed E-state index contributed by atoms with van der Waals surface area (Å²) in [7, 11) is 0.